The first kappa shape index (κ1) is 17.2. The summed E-state index contributed by atoms with van der Waals surface area (Å²) in [6, 6.07) is 6.53. The first-order valence-corrected chi connectivity index (χ1v) is 9.42. The number of nitrogens with zero attached hydrogens (tertiary/aromatic N) is 1. The SMILES string of the molecule is Cc1cccc(C)c1C=CC1CCN(C(=O)[C@H]2CCCCN2)CC1. The van der Waals surface area contributed by atoms with Gasteiger partial charge >= 0.3 is 0 Å². The van der Waals surface area contributed by atoms with Gasteiger partial charge in [0.1, 0.15) is 0 Å². The highest BCUT2D eigenvalue weighted by Crippen LogP contribution is 2.23. The van der Waals surface area contributed by atoms with Crippen LogP contribution in [0.5, 0.6) is 0 Å². The summed E-state index contributed by atoms with van der Waals surface area (Å²) in [6.07, 6.45) is 10.2. The van der Waals surface area contributed by atoms with E-state index < -0.39 is 0 Å². The van der Waals surface area contributed by atoms with E-state index in [1.807, 2.05) is 0 Å². The van der Waals surface area contributed by atoms with Crippen LogP contribution in [-0.2, 0) is 4.79 Å². The van der Waals surface area contributed by atoms with Gasteiger partial charge in [0.25, 0.3) is 0 Å². The molecular weight excluding hydrogens is 296 g/mol. The fraction of sp³-hybridized carbons (Fsp3) is 0.571. The summed E-state index contributed by atoms with van der Waals surface area (Å²) in [5.74, 6) is 0.916. The van der Waals surface area contributed by atoms with Crippen molar-refractivity contribution >= 4 is 12.0 Å². The summed E-state index contributed by atoms with van der Waals surface area (Å²) in [4.78, 5) is 14.6. The number of carbonyl (C=O) groups excluding carboxylic acids is 1. The molecule has 0 saturated carbocycles. The lowest BCUT2D eigenvalue weighted by molar-refractivity contribution is -0.135. The normalized spacial score (nSPS) is 22.9. The zero-order valence-electron chi connectivity index (χ0n) is 15.1. The van der Waals surface area contributed by atoms with Crippen molar-refractivity contribution in [2.24, 2.45) is 5.92 Å². The number of allylic oxidation sites excluding steroid dienone is 1. The highest BCUT2D eigenvalue weighted by Gasteiger charge is 2.28. The molecule has 1 atom stereocenters. The number of hydrogen-bond donors (Lipinski definition) is 1. The molecule has 0 unspecified atom stereocenters. The van der Waals surface area contributed by atoms with E-state index in [9.17, 15) is 4.79 Å². The second kappa shape index (κ2) is 7.98. The first-order valence-electron chi connectivity index (χ1n) is 9.42. The van der Waals surface area contributed by atoms with Gasteiger partial charge in [0.15, 0.2) is 0 Å². The van der Waals surface area contributed by atoms with Crippen molar-refractivity contribution in [1.29, 1.82) is 0 Å². The van der Waals surface area contributed by atoms with Gasteiger partial charge < -0.3 is 10.2 Å². The van der Waals surface area contributed by atoms with Crippen LogP contribution in [0, 0.1) is 19.8 Å². The van der Waals surface area contributed by atoms with E-state index >= 15 is 0 Å². The number of piperidine rings is 2. The molecular formula is C21H30N2O. The van der Waals surface area contributed by atoms with Crippen molar-refractivity contribution in [3.63, 3.8) is 0 Å². The maximum absolute atomic E-state index is 12.6. The van der Waals surface area contributed by atoms with Crippen LogP contribution in [0.1, 0.15) is 48.8 Å². The van der Waals surface area contributed by atoms with E-state index in [2.05, 4.69) is 54.4 Å². The second-order valence-corrected chi connectivity index (χ2v) is 7.33. The average Bonchev–Trinajstić information content (AvgIpc) is 2.62. The summed E-state index contributed by atoms with van der Waals surface area (Å²) in [7, 11) is 0. The smallest absolute Gasteiger partial charge is 0.239 e. The monoisotopic (exact) mass is 326 g/mol. The maximum Gasteiger partial charge on any atom is 0.239 e. The van der Waals surface area contributed by atoms with Crippen molar-refractivity contribution in [2.75, 3.05) is 19.6 Å². The van der Waals surface area contributed by atoms with Crippen molar-refractivity contribution in [1.82, 2.24) is 10.2 Å². The van der Waals surface area contributed by atoms with E-state index in [0.29, 0.717) is 11.8 Å². The van der Waals surface area contributed by atoms with Gasteiger partial charge in [0.2, 0.25) is 5.91 Å². The van der Waals surface area contributed by atoms with E-state index in [1.54, 1.807) is 0 Å². The molecule has 1 aromatic carbocycles. The van der Waals surface area contributed by atoms with E-state index in [1.165, 1.54) is 29.5 Å². The lowest BCUT2D eigenvalue weighted by Crippen LogP contribution is -2.50. The van der Waals surface area contributed by atoms with E-state index in [0.717, 1.165) is 38.9 Å². The third-order valence-corrected chi connectivity index (χ3v) is 5.54. The first-order chi connectivity index (χ1) is 11.6. The van der Waals surface area contributed by atoms with Crippen molar-refractivity contribution in [3.8, 4) is 0 Å². The van der Waals surface area contributed by atoms with Crippen molar-refractivity contribution < 1.29 is 4.79 Å². The molecule has 3 heteroatoms. The molecule has 2 saturated heterocycles. The molecule has 1 N–H and O–H groups in total. The van der Waals surface area contributed by atoms with Crippen LogP contribution in [0.15, 0.2) is 24.3 Å². The molecule has 3 rings (SSSR count). The Kier molecular flexibility index (Phi) is 5.72. The number of amides is 1. The van der Waals surface area contributed by atoms with Gasteiger partial charge in [-0.15, -0.1) is 0 Å². The standard InChI is InChI=1S/C21H30N2O/c1-16-6-5-7-17(2)19(16)10-9-18-11-14-23(15-12-18)21(24)20-8-3-4-13-22-20/h5-7,9-10,18,20,22H,3-4,8,11-15H2,1-2H3/t20-/m1/s1. The summed E-state index contributed by atoms with van der Waals surface area (Å²) in [5, 5.41) is 3.38. The van der Waals surface area contributed by atoms with E-state index in [-0.39, 0.29) is 6.04 Å². The number of hydrogen-bond acceptors (Lipinski definition) is 2. The minimum atomic E-state index is 0.0699. The van der Waals surface area contributed by atoms with Crippen LogP contribution < -0.4 is 5.32 Å². The Morgan fingerprint density at radius 3 is 2.46 bits per heavy atom. The maximum atomic E-state index is 12.6. The second-order valence-electron chi connectivity index (χ2n) is 7.33. The molecule has 1 aromatic rings. The zero-order chi connectivity index (χ0) is 16.9. The van der Waals surface area contributed by atoms with Crippen molar-refractivity contribution in [3.05, 3.63) is 41.0 Å². The Bertz CT molecular complexity index is 574. The number of benzene rings is 1. The third kappa shape index (κ3) is 4.07. The van der Waals surface area contributed by atoms with Crippen LogP contribution >= 0.6 is 0 Å². The van der Waals surface area contributed by atoms with Crippen LogP contribution in [0.2, 0.25) is 0 Å². The van der Waals surface area contributed by atoms with Gasteiger partial charge in [0.05, 0.1) is 6.04 Å². The average molecular weight is 326 g/mol. The molecule has 3 nitrogen and oxygen atoms in total. The number of carbonyl (C=O) groups is 1. The molecule has 2 fully saturated rings. The van der Waals surface area contributed by atoms with Gasteiger partial charge in [0, 0.05) is 13.1 Å². The zero-order valence-corrected chi connectivity index (χ0v) is 15.1. The highest BCUT2D eigenvalue weighted by molar-refractivity contribution is 5.82. The lowest BCUT2D eigenvalue weighted by Gasteiger charge is -2.34. The Balaban J connectivity index is 1.53. The molecule has 0 aliphatic carbocycles. The van der Waals surface area contributed by atoms with Crippen LogP contribution in [0.3, 0.4) is 0 Å². The number of likely N-dealkylation sites (tertiary alicyclic amines) is 1. The molecule has 2 heterocycles. The molecule has 24 heavy (non-hydrogen) atoms. The minimum Gasteiger partial charge on any atom is -0.341 e. The van der Waals surface area contributed by atoms with Crippen LogP contribution in [0.25, 0.3) is 6.08 Å². The summed E-state index contributed by atoms with van der Waals surface area (Å²) in [6.45, 7) is 7.14. The predicted molar refractivity (Wildman–Crippen MR) is 99.9 cm³/mol. The van der Waals surface area contributed by atoms with Crippen molar-refractivity contribution in [2.45, 2.75) is 52.0 Å². The Morgan fingerprint density at radius 1 is 1.12 bits per heavy atom. The Labute approximate surface area is 146 Å². The van der Waals surface area contributed by atoms with Gasteiger partial charge in [-0.05, 0) is 68.7 Å². The molecule has 0 bridgehead atoms. The molecule has 2 aliphatic rings. The Morgan fingerprint density at radius 2 is 1.83 bits per heavy atom. The summed E-state index contributed by atoms with van der Waals surface area (Å²) in [5.41, 5.74) is 4.02. The largest absolute Gasteiger partial charge is 0.341 e. The molecule has 0 aromatic heterocycles. The summed E-state index contributed by atoms with van der Waals surface area (Å²) < 4.78 is 0. The topological polar surface area (TPSA) is 32.3 Å². The molecule has 0 spiro atoms. The lowest BCUT2D eigenvalue weighted by atomic mass is 9.93. The fourth-order valence-corrected chi connectivity index (χ4v) is 3.92. The molecule has 1 amide bonds. The van der Waals surface area contributed by atoms with E-state index in [4.69, 9.17) is 0 Å². The molecule has 2 aliphatic heterocycles. The van der Waals surface area contributed by atoms with Gasteiger partial charge in [-0.25, -0.2) is 0 Å². The Hall–Kier alpha value is -1.61. The summed E-state index contributed by atoms with van der Waals surface area (Å²) >= 11 is 0. The van der Waals surface area contributed by atoms with Gasteiger partial charge in [-0.3, -0.25) is 4.79 Å². The molecule has 130 valence electrons. The van der Waals surface area contributed by atoms with Gasteiger partial charge in [-0.2, -0.15) is 0 Å². The highest BCUT2D eigenvalue weighted by atomic mass is 16.2. The quantitative estimate of drug-likeness (QED) is 0.918. The number of nitrogens with one attached hydrogen (secondary N) is 1. The van der Waals surface area contributed by atoms with Gasteiger partial charge in [-0.1, -0.05) is 36.8 Å². The minimum absolute atomic E-state index is 0.0699. The fourth-order valence-electron chi connectivity index (χ4n) is 3.92. The number of rotatable bonds is 3. The van der Waals surface area contributed by atoms with Crippen LogP contribution in [0.4, 0.5) is 0 Å². The number of aryl methyl sites for hydroxylation is 2. The van der Waals surface area contributed by atoms with Crippen LogP contribution in [-0.4, -0.2) is 36.5 Å². The predicted octanol–water partition coefficient (Wildman–Crippen LogP) is 3.70. The third-order valence-electron chi connectivity index (χ3n) is 5.54. The molecule has 0 radical (unpaired) electrons.